The highest BCUT2D eigenvalue weighted by molar-refractivity contribution is 6.33. The minimum absolute atomic E-state index is 0.167. The number of methoxy groups -OCH3 is 2. The van der Waals surface area contributed by atoms with Crippen molar-refractivity contribution in [2.45, 2.75) is 18.4 Å². The fourth-order valence-electron chi connectivity index (χ4n) is 1.21. The predicted octanol–water partition coefficient (Wildman–Crippen LogP) is 2.67. The first-order chi connectivity index (χ1) is 6.11. The number of rotatable bonds is 2. The Bertz CT molecular complexity index is 258. The first-order valence-corrected chi connectivity index (χ1v) is 4.72. The SMILES string of the molecule is COC1=CC(OC)C(Cl)C(C)=C1Cl. The van der Waals surface area contributed by atoms with Crippen LogP contribution in [0, 0.1) is 0 Å². The summed E-state index contributed by atoms with van der Waals surface area (Å²) in [4.78, 5) is 0. The van der Waals surface area contributed by atoms with Crippen LogP contribution in [0.5, 0.6) is 0 Å². The van der Waals surface area contributed by atoms with E-state index in [1.54, 1.807) is 20.3 Å². The van der Waals surface area contributed by atoms with Crippen molar-refractivity contribution in [1.29, 1.82) is 0 Å². The van der Waals surface area contributed by atoms with Crippen LogP contribution in [0.3, 0.4) is 0 Å². The molecule has 0 spiro atoms. The van der Waals surface area contributed by atoms with Gasteiger partial charge in [0.15, 0.2) is 0 Å². The molecule has 0 aromatic rings. The van der Waals surface area contributed by atoms with Crippen LogP contribution in [-0.2, 0) is 9.47 Å². The van der Waals surface area contributed by atoms with Gasteiger partial charge in [0.2, 0.25) is 0 Å². The molecule has 0 saturated heterocycles. The molecule has 2 atom stereocenters. The highest BCUT2D eigenvalue weighted by Crippen LogP contribution is 2.32. The Morgan fingerprint density at radius 3 is 2.46 bits per heavy atom. The maximum Gasteiger partial charge on any atom is 0.136 e. The molecule has 74 valence electrons. The fourth-order valence-corrected chi connectivity index (χ4v) is 1.81. The molecule has 0 aromatic carbocycles. The number of ether oxygens (including phenoxy) is 2. The van der Waals surface area contributed by atoms with E-state index in [9.17, 15) is 0 Å². The van der Waals surface area contributed by atoms with Gasteiger partial charge in [0.25, 0.3) is 0 Å². The number of hydrogen-bond donors (Lipinski definition) is 0. The van der Waals surface area contributed by atoms with E-state index in [1.165, 1.54) is 0 Å². The number of hydrogen-bond acceptors (Lipinski definition) is 2. The minimum atomic E-state index is -0.212. The zero-order valence-corrected chi connectivity index (χ0v) is 9.32. The minimum Gasteiger partial charge on any atom is -0.495 e. The molecule has 4 heteroatoms. The van der Waals surface area contributed by atoms with Crippen molar-refractivity contribution in [2.75, 3.05) is 14.2 Å². The predicted molar refractivity (Wildman–Crippen MR) is 54.1 cm³/mol. The lowest BCUT2D eigenvalue weighted by molar-refractivity contribution is 0.136. The van der Waals surface area contributed by atoms with Gasteiger partial charge >= 0.3 is 0 Å². The molecular weight excluding hydrogens is 211 g/mol. The van der Waals surface area contributed by atoms with Crippen molar-refractivity contribution in [1.82, 2.24) is 0 Å². The monoisotopic (exact) mass is 222 g/mol. The van der Waals surface area contributed by atoms with Crippen molar-refractivity contribution in [3.63, 3.8) is 0 Å². The van der Waals surface area contributed by atoms with Gasteiger partial charge in [-0.1, -0.05) is 11.6 Å². The van der Waals surface area contributed by atoms with E-state index < -0.39 is 0 Å². The third-order valence-corrected chi connectivity index (χ3v) is 3.13. The first-order valence-electron chi connectivity index (χ1n) is 3.91. The van der Waals surface area contributed by atoms with E-state index in [0.29, 0.717) is 10.8 Å². The topological polar surface area (TPSA) is 18.5 Å². The summed E-state index contributed by atoms with van der Waals surface area (Å²) < 4.78 is 10.3. The van der Waals surface area contributed by atoms with Gasteiger partial charge in [-0.15, -0.1) is 11.6 Å². The molecule has 0 N–H and O–H groups in total. The standard InChI is InChI=1S/C9H12Cl2O2/c1-5-8(10)6(12-2)4-7(13-3)9(5)11/h4,6,8H,1-3H3. The molecule has 0 saturated carbocycles. The Morgan fingerprint density at radius 1 is 1.38 bits per heavy atom. The van der Waals surface area contributed by atoms with Gasteiger partial charge in [0.05, 0.1) is 23.6 Å². The second kappa shape index (κ2) is 4.36. The van der Waals surface area contributed by atoms with Crippen molar-refractivity contribution >= 4 is 23.2 Å². The highest BCUT2D eigenvalue weighted by atomic mass is 35.5. The van der Waals surface area contributed by atoms with Crippen molar-refractivity contribution in [3.8, 4) is 0 Å². The number of halogens is 2. The number of alkyl halides is 1. The lowest BCUT2D eigenvalue weighted by Crippen LogP contribution is -2.26. The average molecular weight is 223 g/mol. The van der Waals surface area contributed by atoms with Crippen LogP contribution in [0.15, 0.2) is 22.4 Å². The summed E-state index contributed by atoms with van der Waals surface area (Å²) in [6.45, 7) is 1.87. The van der Waals surface area contributed by atoms with Crippen molar-refractivity contribution in [2.24, 2.45) is 0 Å². The molecule has 0 fully saturated rings. The summed E-state index contributed by atoms with van der Waals surface area (Å²) >= 11 is 12.1. The zero-order chi connectivity index (χ0) is 10.0. The van der Waals surface area contributed by atoms with Crippen LogP contribution in [0.25, 0.3) is 0 Å². The Hall–Kier alpha value is -0.180. The Balaban J connectivity index is 2.99. The molecule has 1 rings (SSSR count). The molecular formula is C9H12Cl2O2. The fraction of sp³-hybridized carbons (Fsp3) is 0.556. The van der Waals surface area contributed by atoms with Crippen LogP contribution >= 0.6 is 23.2 Å². The first kappa shape index (κ1) is 10.9. The third kappa shape index (κ3) is 2.01. The van der Waals surface area contributed by atoms with Gasteiger partial charge < -0.3 is 9.47 Å². The van der Waals surface area contributed by atoms with E-state index in [0.717, 1.165) is 5.57 Å². The lowest BCUT2D eigenvalue weighted by atomic mass is 10.0. The smallest absolute Gasteiger partial charge is 0.136 e. The Labute approximate surface area is 88.1 Å². The van der Waals surface area contributed by atoms with E-state index in [1.807, 2.05) is 6.92 Å². The van der Waals surface area contributed by atoms with Crippen molar-refractivity contribution in [3.05, 3.63) is 22.4 Å². The number of allylic oxidation sites excluding steroid dienone is 1. The van der Waals surface area contributed by atoms with Gasteiger partial charge in [-0.05, 0) is 18.6 Å². The molecule has 2 nitrogen and oxygen atoms in total. The molecule has 0 heterocycles. The maximum atomic E-state index is 6.08. The summed E-state index contributed by atoms with van der Waals surface area (Å²) in [5.74, 6) is 0.628. The average Bonchev–Trinajstić information content (AvgIpc) is 2.15. The van der Waals surface area contributed by atoms with Crippen LogP contribution < -0.4 is 0 Å². The molecule has 2 unspecified atom stereocenters. The third-order valence-electron chi connectivity index (χ3n) is 2.07. The van der Waals surface area contributed by atoms with Crippen LogP contribution in [0.1, 0.15) is 6.92 Å². The highest BCUT2D eigenvalue weighted by Gasteiger charge is 2.27. The van der Waals surface area contributed by atoms with E-state index >= 15 is 0 Å². The zero-order valence-electron chi connectivity index (χ0n) is 7.80. The lowest BCUT2D eigenvalue weighted by Gasteiger charge is -2.25. The molecule has 13 heavy (non-hydrogen) atoms. The molecule has 0 aromatic heterocycles. The van der Waals surface area contributed by atoms with Gasteiger partial charge in [-0.25, -0.2) is 0 Å². The molecule has 0 radical (unpaired) electrons. The molecule has 0 aliphatic heterocycles. The summed E-state index contributed by atoms with van der Waals surface area (Å²) in [6.07, 6.45) is 1.62. The second-order valence-electron chi connectivity index (χ2n) is 2.83. The quantitative estimate of drug-likeness (QED) is 0.670. The molecule has 1 aliphatic carbocycles. The second-order valence-corrected chi connectivity index (χ2v) is 3.68. The van der Waals surface area contributed by atoms with Gasteiger partial charge in [-0.3, -0.25) is 0 Å². The van der Waals surface area contributed by atoms with Gasteiger partial charge in [-0.2, -0.15) is 0 Å². The maximum absolute atomic E-state index is 6.08. The normalized spacial score (nSPS) is 28.8. The molecule has 0 amide bonds. The Morgan fingerprint density at radius 2 is 2.00 bits per heavy atom. The largest absolute Gasteiger partial charge is 0.495 e. The summed E-state index contributed by atoms with van der Waals surface area (Å²) in [5, 5.41) is 0.368. The van der Waals surface area contributed by atoms with E-state index in [4.69, 9.17) is 32.7 Å². The van der Waals surface area contributed by atoms with Crippen LogP contribution in [0.2, 0.25) is 0 Å². The van der Waals surface area contributed by atoms with E-state index in [2.05, 4.69) is 0 Å². The Kier molecular flexibility index (Phi) is 3.65. The molecule has 0 bridgehead atoms. The van der Waals surface area contributed by atoms with Crippen LogP contribution in [-0.4, -0.2) is 25.7 Å². The summed E-state index contributed by atoms with van der Waals surface area (Å²) in [7, 11) is 3.18. The van der Waals surface area contributed by atoms with Gasteiger partial charge in [0.1, 0.15) is 5.76 Å². The van der Waals surface area contributed by atoms with Crippen LogP contribution in [0.4, 0.5) is 0 Å². The van der Waals surface area contributed by atoms with Crippen molar-refractivity contribution < 1.29 is 9.47 Å². The summed E-state index contributed by atoms with van der Waals surface area (Å²) in [6, 6.07) is 0. The summed E-state index contributed by atoms with van der Waals surface area (Å²) in [5.41, 5.74) is 0.884. The molecule has 1 aliphatic rings. The van der Waals surface area contributed by atoms with Gasteiger partial charge in [0, 0.05) is 7.11 Å². The van der Waals surface area contributed by atoms with E-state index in [-0.39, 0.29) is 11.5 Å².